The van der Waals surface area contributed by atoms with Crippen molar-refractivity contribution in [2.24, 2.45) is 5.41 Å². The van der Waals surface area contributed by atoms with Gasteiger partial charge < -0.3 is 14.4 Å². The largest absolute Gasteiger partial charge is 0.454 e. The molecule has 1 saturated heterocycles. The van der Waals surface area contributed by atoms with Crippen LogP contribution >= 0.6 is 0 Å². The molecule has 140 valence electrons. The first-order chi connectivity index (χ1) is 13.2. The number of hydrogen-bond acceptors (Lipinski definition) is 4. The van der Waals surface area contributed by atoms with Crippen LogP contribution in [0.25, 0.3) is 0 Å². The van der Waals surface area contributed by atoms with Crippen molar-refractivity contribution < 1.29 is 14.3 Å². The number of nitrogens with zero attached hydrogens (tertiary/aromatic N) is 1. The predicted molar refractivity (Wildman–Crippen MR) is 103 cm³/mol. The number of ketones is 1. The Balaban J connectivity index is 1.51. The summed E-state index contributed by atoms with van der Waals surface area (Å²) in [6, 6.07) is 14.4. The quantitative estimate of drug-likeness (QED) is 0.827. The molecule has 0 spiro atoms. The minimum Gasteiger partial charge on any atom is -0.454 e. The Bertz CT molecular complexity index is 857. The third-order valence-electron chi connectivity index (χ3n) is 6.21. The molecule has 1 atom stereocenters. The van der Waals surface area contributed by atoms with Gasteiger partial charge in [-0.25, -0.2) is 0 Å². The van der Waals surface area contributed by atoms with Crippen LogP contribution in [0.3, 0.4) is 0 Å². The molecule has 27 heavy (non-hydrogen) atoms. The Morgan fingerprint density at radius 2 is 1.70 bits per heavy atom. The van der Waals surface area contributed by atoms with E-state index in [0.29, 0.717) is 5.75 Å². The first-order valence-electron chi connectivity index (χ1n) is 9.97. The average Bonchev–Trinajstić information content (AvgIpc) is 3.24. The zero-order valence-corrected chi connectivity index (χ0v) is 15.6. The Morgan fingerprint density at radius 3 is 2.48 bits per heavy atom. The van der Waals surface area contributed by atoms with Gasteiger partial charge in [0.1, 0.15) is 0 Å². The zero-order chi connectivity index (χ0) is 18.3. The minimum atomic E-state index is -0.393. The van der Waals surface area contributed by atoms with Crippen molar-refractivity contribution in [3.63, 3.8) is 0 Å². The molecule has 4 heteroatoms. The van der Waals surface area contributed by atoms with E-state index in [4.69, 9.17) is 9.47 Å². The topological polar surface area (TPSA) is 38.8 Å². The second kappa shape index (κ2) is 6.68. The molecule has 4 nitrogen and oxygen atoms in total. The lowest BCUT2D eigenvalue weighted by Crippen LogP contribution is -2.45. The highest BCUT2D eigenvalue weighted by Crippen LogP contribution is 2.45. The van der Waals surface area contributed by atoms with E-state index in [2.05, 4.69) is 29.2 Å². The molecule has 1 unspecified atom stereocenters. The van der Waals surface area contributed by atoms with Gasteiger partial charge in [-0.05, 0) is 62.0 Å². The SMILES string of the molecule is O=C1c2cc3c(cc2CC1(Cc1ccccc1)CN1CCCCC1)OCO3. The molecule has 3 aliphatic rings. The summed E-state index contributed by atoms with van der Waals surface area (Å²) in [6.45, 7) is 3.28. The van der Waals surface area contributed by atoms with Gasteiger partial charge in [0.25, 0.3) is 0 Å². The standard InChI is InChI=1S/C23H25NO3/c25-22-19-12-21-20(26-16-27-21)11-18(19)14-23(22,13-17-7-3-1-4-8-17)15-24-9-5-2-6-10-24/h1,3-4,7-8,11-12H,2,5-6,9-10,13-16H2. The highest BCUT2D eigenvalue weighted by molar-refractivity contribution is 6.06. The Morgan fingerprint density at radius 1 is 0.963 bits per heavy atom. The van der Waals surface area contributed by atoms with Crippen molar-refractivity contribution in [3.8, 4) is 11.5 Å². The van der Waals surface area contributed by atoms with Crippen molar-refractivity contribution in [3.05, 3.63) is 59.2 Å². The number of Topliss-reactive ketones (excluding diaryl/α,β-unsaturated/α-hetero) is 1. The van der Waals surface area contributed by atoms with Crippen LogP contribution in [0.5, 0.6) is 11.5 Å². The molecule has 0 bridgehead atoms. The molecule has 1 fully saturated rings. The maximum Gasteiger partial charge on any atom is 0.231 e. The molecule has 5 rings (SSSR count). The maximum absolute atomic E-state index is 13.7. The van der Waals surface area contributed by atoms with Gasteiger partial charge in [-0.3, -0.25) is 4.79 Å². The first-order valence-corrected chi connectivity index (χ1v) is 9.97. The summed E-state index contributed by atoms with van der Waals surface area (Å²) in [4.78, 5) is 16.2. The summed E-state index contributed by atoms with van der Waals surface area (Å²) < 4.78 is 11.1. The molecule has 0 saturated carbocycles. The second-order valence-corrected chi connectivity index (χ2v) is 8.15. The number of likely N-dealkylation sites (tertiary alicyclic amines) is 1. The number of piperidine rings is 1. The summed E-state index contributed by atoms with van der Waals surface area (Å²) in [5.41, 5.74) is 2.77. The van der Waals surface area contributed by atoms with E-state index < -0.39 is 5.41 Å². The molecule has 1 aliphatic carbocycles. The number of rotatable bonds is 4. The molecule has 2 heterocycles. The molecule has 2 aromatic carbocycles. The van der Waals surface area contributed by atoms with E-state index in [1.165, 1.54) is 24.8 Å². The van der Waals surface area contributed by atoms with E-state index in [-0.39, 0.29) is 12.6 Å². The number of hydrogen-bond donors (Lipinski definition) is 0. The van der Waals surface area contributed by atoms with Gasteiger partial charge in [-0.15, -0.1) is 0 Å². The van der Waals surface area contributed by atoms with E-state index in [1.54, 1.807) is 0 Å². The second-order valence-electron chi connectivity index (χ2n) is 8.15. The fourth-order valence-electron chi connectivity index (χ4n) is 4.93. The van der Waals surface area contributed by atoms with Gasteiger partial charge in [-0.2, -0.15) is 0 Å². The lowest BCUT2D eigenvalue weighted by Gasteiger charge is -2.36. The van der Waals surface area contributed by atoms with Crippen LogP contribution in [0.2, 0.25) is 0 Å². The van der Waals surface area contributed by atoms with Crippen molar-refractivity contribution in [1.29, 1.82) is 0 Å². The third kappa shape index (κ3) is 3.02. The molecule has 2 aliphatic heterocycles. The number of benzene rings is 2. The Hall–Kier alpha value is -2.33. The molecule has 0 amide bonds. The lowest BCUT2D eigenvalue weighted by atomic mass is 9.77. The van der Waals surface area contributed by atoms with Crippen LogP contribution in [0.4, 0.5) is 0 Å². The number of ether oxygens (including phenoxy) is 2. The van der Waals surface area contributed by atoms with Crippen molar-refractivity contribution in [1.82, 2.24) is 4.90 Å². The van der Waals surface area contributed by atoms with Crippen LogP contribution in [0, 0.1) is 5.41 Å². The van der Waals surface area contributed by atoms with E-state index >= 15 is 0 Å². The van der Waals surface area contributed by atoms with E-state index in [0.717, 1.165) is 49.4 Å². The van der Waals surface area contributed by atoms with Crippen molar-refractivity contribution in [2.75, 3.05) is 26.4 Å². The molecular weight excluding hydrogens is 338 g/mol. The summed E-state index contributed by atoms with van der Waals surface area (Å²) in [6.07, 6.45) is 5.34. The summed E-state index contributed by atoms with van der Waals surface area (Å²) in [7, 11) is 0. The molecule has 0 radical (unpaired) electrons. The zero-order valence-electron chi connectivity index (χ0n) is 15.6. The monoisotopic (exact) mass is 363 g/mol. The lowest BCUT2D eigenvalue weighted by molar-refractivity contribution is 0.0702. The van der Waals surface area contributed by atoms with Gasteiger partial charge in [0.2, 0.25) is 6.79 Å². The summed E-state index contributed by atoms with van der Waals surface area (Å²) in [5, 5.41) is 0. The fraction of sp³-hybridized carbons (Fsp3) is 0.435. The molecule has 0 aromatic heterocycles. The van der Waals surface area contributed by atoms with Gasteiger partial charge in [0.05, 0.1) is 5.41 Å². The van der Waals surface area contributed by atoms with Crippen LogP contribution < -0.4 is 9.47 Å². The number of carbonyl (C=O) groups is 1. The van der Waals surface area contributed by atoms with Gasteiger partial charge in [0, 0.05) is 12.1 Å². The highest BCUT2D eigenvalue weighted by atomic mass is 16.7. The Labute approximate surface area is 160 Å². The van der Waals surface area contributed by atoms with E-state index in [1.807, 2.05) is 18.2 Å². The average molecular weight is 363 g/mol. The van der Waals surface area contributed by atoms with Gasteiger partial charge >= 0.3 is 0 Å². The van der Waals surface area contributed by atoms with Crippen LogP contribution in [-0.4, -0.2) is 37.1 Å². The number of carbonyl (C=O) groups excluding carboxylic acids is 1. The van der Waals surface area contributed by atoms with E-state index in [9.17, 15) is 4.79 Å². The van der Waals surface area contributed by atoms with Crippen molar-refractivity contribution >= 4 is 5.78 Å². The normalized spacial score (nSPS) is 24.2. The number of fused-ring (bicyclic) bond motifs is 2. The van der Waals surface area contributed by atoms with Gasteiger partial charge in [0.15, 0.2) is 17.3 Å². The molecule has 2 aromatic rings. The predicted octanol–water partition coefficient (Wildman–Crippen LogP) is 3.87. The van der Waals surface area contributed by atoms with Gasteiger partial charge in [-0.1, -0.05) is 36.8 Å². The smallest absolute Gasteiger partial charge is 0.231 e. The Kier molecular flexibility index (Phi) is 4.16. The maximum atomic E-state index is 13.7. The van der Waals surface area contributed by atoms with Crippen LogP contribution in [0.15, 0.2) is 42.5 Å². The summed E-state index contributed by atoms with van der Waals surface area (Å²) >= 11 is 0. The summed E-state index contributed by atoms with van der Waals surface area (Å²) in [5.74, 6) is 1.75. The third-order valence-corrected chi connectivity index (χ3v) is 6.21. The first kappa shape index (κ1) is 16.8. The van der Waals surface area contributed by atoms with Crippen molar-refractivity contribution in [2.45, 2.75) is 32.1 Å². The fourth-order valence-corrected chi connectivity index (χ4v) is 4.93. The molecule has 0 N–H and O–H groups in total. The van der Waals surface area contributed by atoms with Crippen LogP contribution in [0.1, 0.15) is 40.7 Å². The molecular formula is C23H25NO3. The highest BCUT2D eigenvalue weighted by Gasteiger charge is 2.47. The minimum absolute atomic E-state index is 0.245. The van der Waals surface area contributed by atoms with Crippen LogP contribution in [-0.2, 0) is 12.8 Å².